The first-order valence-corrected chi connectivity index (χ1v) is 7.35. The highest BCUT2D eigenvalue weighted by molar-refractivity contribution is 9.10. The first-order chi connectivity index (χ1) is 9.21. The molecule has 0 aliphatic carbocycles. The Balaban J connectivity index is 2.77. The summed E-state index contributed by atoms with van der Waals surface area (Å²) >= 11 is 3.47. The average Bonchev–Trinajstić information content (AvgIpc) is 2.42. The third-order valence-electron chi connectivity index (χ3n) is 2.54. The van der Waals surface area contributed by atoms with E-state index in [4.69, 9.17) is 4.74 Å². The lowest BCUT2D eigenvalue weighted by Crippen LogP contribution is -2.37. The Hall–Kier alpha value is -1.23. The summed E-state index contributed by atoms with van der Waals surface area (Å²) in [6.45, 7) is 6.55. The van der Waals surface area contributed by atoms with Gasteiger partial charge >= 0.3 is 0 Å². The molecule has 1 rings (SSSR count). The molecule has 2 N–H and O–H groups in total. The standard InChI is InChI=1S/C14H22BrN3O/c1-4-8-17-14(16-5-2)18-10-11-9-12(15)6-7-13(11)19-3/h6-7,9H,4-5,8,10H2,1-3H3,(H2,16,17,18). The van der Waals surface area contributed by atoms with E-state index < -0.39 is 0 Å². The number of hydrogen-bond acceptors (Lipinski definition) is 2. The van der Waals surface area contributed by atoms with Crippen molar-refractivity contribution in [3.8, 4) is 5.75 Å². The van der Waals surface area contributed by atoms with Crippen LogP contribution in [-0.4, -0.2) is 26.2 Å². The van der Waals surface area contributed by atoms with Crippen LogP contribution in [0.15, 0.2) is 27.7 Å². The molecule has 0 aliphatic heterocycles. The van der Waals surface area contributed by atoms with Crippen LogP contribution in [0, 0.1) is 0 Å². The Bertz CT molecular complexity index is 421. The molecule has 0 saturated carbocycles. The van der Waals surface area contributed by atoms with Crippen molar-refractivity contribution in [1.29, 1.82) is 0 Å². The summed E-state index contributed by atoms with van der Waals surface area (Å²) in [5.74, 6) is 1.70. The molecule has 0 bridgehead atoms. The molecule has 106 valence electrons. The van der Waals surface area contributed by atoms with E-state index in [0.29, 0.717) is 6.54 Å². The highest BCUT2D eigenvalue weighted by Crippen LogP contribution is 2.23. The fourth-order valence-electron chi connectivity index (χ4n) is 1.62. The summed E-state index contributed by atoms with van der Waals surface area (Å²) in [5, 5.41) is 6.51. The van der Waals surface area contributed by atoms with Crippen LogP contribution in [0.4, 0.5) is 0 Å². The van der Waals surface area contributed by atoms with Crippen LogP contribution >= 0.6 is 15.9 Å². The molecule has 0 unspecified atom stereocenters. The smallest absolute Gasteiger partial charge is 0.191 e. The molecular weight excluding hydrogens is 306 g/mol. The minimum Gasteiger partial charge on any atom is -0.496 e. The van der Waals surface area contributed by atoms with Crippen LogP contribution < -0.4 is 15.4 Å². The maximum Gasteiger partial charge on any atom is 0.191 e. The molecule has 0 aromatic heterocycles. The lowest BCUT2D eigenvalue weighted by atomic mass is 10.2. The summed E-state index contributed by atoms with van der Waals surface area (Å²) in [4.78, 5) is 4.56. The number of nitrogens with zero attached hydrogens (tertiary/aromatic N) is 1. The summed E-state index contributed by atoms with van der Waals surface area (Å²) in [5.41, 5.74) is 1.06. The van der Waals surface area contributed by atoms with Crippen molar-refractivity contribution in [2.24, 2.45) is 4.99 Å². The van der Waals surface area contributed by atoms with Gasteiger partial charge in [-0.1, -0.05) is 22.9 Å². The Kier molecular flexibility index (Phi) is 7.33. The van der Waals surface area contributed by atoms with Crippen LogP contribution in [0.1, 0.15) is 25.8 Å². The minimum atomic E-state index is 0.585. The quantitative estimate of drug-likeness (QED) is 0.623. The fraction of sp³-hybridized carbons (Fsp3) is 0.500. The van der Waals surface area contributed by atoms with Gasteiger partial charge in [-0.2, -0.15) is 0 Å². The van der Waals surface area contributed by atoms with Gasteiger partial charge in [-0.3, -0.25) is 0 Å². The molecule has 0 spiro atoms. The van der Waals surface area contributed by atoms with Crippen LogP contribution in [0.2, 0.25) is 0 Å². The molecule has 0 fully saturated rings. The van der Waals surface area contributed by atoms with Crippen molar-refractivity contribution in [3.63, 3.8) is 0 Å². The van der Waals surface area contributed by atoms with Gasteiger partial charge in [-0.15, -0.1) is 0 Å². The van der Waals surface area contributed by atoms with Gasteiger partial charge in [0.25, 0.3) is 0 Å². The molecule has 1 aromatic carbocycles. The van der Waals surface area contributed by atoms with Crippen molar-refractivity contribution in [3.05, 3.63) is 28.2 Å². The Morgan fingerprint density at radius 2 is 2.11 bits per heavy atom. The molecular formula is C14H22BrN3O. The Labute approximate surface area is 123 Å². The van der Waals surface area contributed by atoms with Crippen molar-refractivity contribution >= 4 is 21.9 Å². The largest absolute Gasteiger partial charge is 0.496 e. The molecule has 0 heterocycles. The van der Waals surface area contributed by atoms with Crippen LogP contribution in [0.3, 0.4) is 0 Å². The molecule has 0 aliphatic rings. The summed E-state index contributed by atoms with van der Waals surface area (Å²) < 4.78 is 6.38. The topological polar surface area (TPSA) is 45.7 Å². The number of nitrogens with one attached hydrogen (secondary N) is 2. The zero-order valence-electron chi connectivity index (χ0n) is 11.8. The molecule has 0 atom stereocenters. The number of methoxy groups -OCH3 is 1. The highest BCUT2D eigenvalue weighted by atomic mass is 79.9. The van der Waals surface area contributed by atoms with Crippen molar-refractivity contribution < 1.29 is 4.74 Å². The monoisotopic (exact) mass is 327 g/mol. The lowest BCUT2D eigenvalue weighted by molar-refractivity contribution is 0.409. The highest BCUT2D eigenvalue weighted by Gasteiger charge is 2.04. The molecule has 1 aromatic rings. The molecule has 19 heavy (non-hydrogen) atoms. The van der Waals surface area contributed by atoms with Crippen LogP contribution in [0.5, 0.6) is 5.75 Å². The molecule has 4 nitrogen and oxygen atoms in total. The first-order valence-electron chi connectivity index (χ1n) is 6.55. The van der Waals surface area contributed by atoms with E-state index in [1.165, 1.54) is 0 Å². The van der Waals surface area contributed by atoms with Crippen LogP contribution in [0.25, 0.3) is 0 Å². The second-order valence-electron chi connectivity index (χ2n) is 4.08. The van der Waals surface area contributed by atoms with Crippen molar-refractivity contribution in [2.75, 3.05) is 20.2 Å². The zero-order valence-corrected chi connectivity index (χ0v) is 13.4. The van der Waals surface area contributed by atoms with Gasteiger partial charge in [0.2, 0.25) is 0 Å². The normalized spacial score (nSPS) is 11.3. The number of rotatable bonds is 6. The van der Waals surface area contributed by atoms with Gasteiger partial charge in [-0.25, -0.2) is 4.99 Å². The van der Waals surface area contributed by atoms with Gasteiger partial charge in [-0.05, 0) is 31.5 Å². The van der Waals surface area contributed by atoms with E-state index in [1.807, 2.05) is 18.2 Å². The summed E-state index contributed by atoms with van der Waals surface area (Å²) in [7, 11) is 1.68. The van der Waals surface area contributed by atoms with Crippen molar-refractivity contribution in [1.82, 2.24) is 10.6 Å². The average molecular weight is 328 g/mol. The minimum absolute atomic E-state index is 0.585. The first kappa shape index (κ1) is 15.8. The number of halogens is 1. The van der Waals surface area contributed by atoms with Gasteiger partial charge in [0.1, 0.15) is 5.75 Å². The predicted octanol–water partition coefficient (Wildman–Crippen LogP) is 2.92. The van der Waals surface area contributed by atoms with Gasteiger partial charge in [0, 0.05) is 23.1 Å². The number of ether oxygens (including phenoxy) is 1. The Morgan fingerprint density at radius 3 is 2.74 bits per heavy atom. The van der Waals surface area contributed by atoms with E-state index in [1.54, 1.807) is 7.11 Å². The number of aliphatic imine (C=N–C) groups is 1. The predicted molar refractivity (Wildman–Crippen MR) is 83.8 cm³/mol. The van der Waals surface area contributed by atoms with E-state index in [0.717, 1.165) is 41.3 Å². The number of guanidine groups is 1. The number of hydrogen-bond donors (Lipinski definition) is 2. The van der Waals surface area contributed by atoms with Crippen molar-refractivity contribution in [2.45, 2.75) is 26.8 Å². The van der Waals surface area contributed by atoms with Gasteiger partial charge < -0.3 is 15.4 Å². The SMILES string of the molecule is CCCNC(=NCc1cc(Br)ccc1OC)NCC. The molecule has 0 amide bonds. The zero-order chi connectivity index (χ0) is 14.1. The second kappa shape index (κ2) is 8.80. The number of benzene rings is 1. The Morgan fingerprint density at radius 1 is 1.32 bits per heavy atom. The molecule has 0 radical (unpaired) electrons. The third-order valence-corrected chi connectivity index (χ3v) is 3.03. The third kappa shape index (κ3) is 5.51. The molecule has 0 saturated heterocycles. The summed E-state index contributed by atoms with van der Waals surface area (Å²) in [6.07, 6.45) is 1.07. The van der Waals surface area contributed by atoms with Gasteiger partial charge in [0.05, 0.1) is 13.7 Å². The van der Waals surface area contributed by atoms with Crippen LogP contribution in [-0.2, 0) is 6.54 Å². The van der Waals surface area contributed by atoms with E-state index in [9.17, 15) is 0 Å². The maximum absolute atomic E-state index is 5.34. The van der Waals surface area contributed by atoms with Gasteiger partial charge in [0.15, 0.2) is 5.96 Å². The fourth-order valence-corrected chi connectivity index (χ4v) is 2.03. The summed E-state index contributed by atoms with van der Waals surface area (Å²) in [6, 6.07) is 5.94. The lowest BCUT2D eigenvalue weighted by Gasteiger charge is -2.11. The van der Waals surface area contributed by atoms with E-state index in [2.05, 4.69) is 45.4 Å². The van der Waals surface area contributed by atoms with E-state index >= 15 is 0 Å². The van der Waals surface area contributed by atoms with E-state index in [-0.39, 0.29) is 0 Å². The second-order valence-corrected chi connectivity index (χ2v) is 4.99. The molecule has 5 heteroatoms. The maximum atomic E-state index is 5.34.